The third-order valence-corrected chi connectivity index (χ3v) is 2.20. The van der Waals surface area contributed by atoms with Crippen LogP contribution in [-0.4, -0.2) is 30.8 Å². The average molecular weight is 265 g/mol. The van der Waals surface area contributed by atoms with E-state index in [4.69, 9.17) is 5.73 Å². The van der Waals surface area contributed by atoms with Crippen LogP contribution in [-0.2, 0) is 6.54 Å². The summed E-state index contributed by atoms with van der Waals surface area (Å²) in [7, 11) is 1.35. The number of hydrogen-bond donors (Lipinski definition) is 1. The average Bonchev–Trinajstić information content (AvgIpc) is 2.27. The van der Waals surface area contributed by atoms with Crippen LogP contribution in [0.25, 0.3) is 0 Å². The zero-order valence-electron chi connectivity index (χ0n) is 9.40. The van der Waals surface area contributed by atoms with E-state index in [9.17, 15) is 13.6 Å². The fraction of sp³-hybridized carbons (Fsp3) is 0.364. The third-order valence-electron chi connectivity index (χ3n) is 2.20. The molecule has 2 N–H and O–H groups in total. The summed E-state index contributed by atoms with van der Waals surface area (Å²) in [5.74, 6) is -0.413. The lowest BCUT2D eigenvalue weighted by molar-refractivity contribution is 0.0620. The van der Waals surface area contributed by atoms with Gasteiger partial charge in [-0.05, 0) is 17.7 Å². The van der Waals surface area contributed by atoms with E-state index in [1.165, 1.54) is 7.05 Å². The van der Waals surface area contributed by atoms with E-state index in [-0.39, 0.29) is 12.4 Å². The van der Waals surface area contributed by atoms with Gasteiger partial charge in [0, 0.05) is 19.2 Å². The Morgan fingerprint density at radius 3 is 2.29 bits per heavy atom. The first-order chi connectivity index (χ1) is 7.54. The molecule has 17 heavy (non-hydrogen) atoms. The lowest BCUT2D eigenvalue weighted by Gasteiger charge is -2.16. The topological polar surface area (TPSA) is 46.3 Å². The first-order valence-electron chi connectivity index (χ1n) is 4.87. The maximum atomic E-state index is 12.1. The number of halogens is 3. The van der Waals surface area contributed by atoms with E-state index in [0.29, 0.717) is 12.1 Å². The second-order valence-corrected chi connectivity index (χ2v) is 3.48. The Kier molecular flexibility index (Phi) is 6.68. The molecule has 0 heterocycles. The van der Waals surface area contributed by atoms with Crippen LogP contribution in [0.4, 0.5) is 8.78 Å². The van der Waals surface area contributed by atoms with Crippen LogP contribution in [0.2, 0.25) is 0 Å². The SMILES string of the molecule is CN(CC(F)F)C(=O)c1ccc(CN)cc1.Cl. The van der Waals surface area contributed by atoms with Gasteiger partial charge < -0.3 is 10.6 Å². The molecule has 0 bridgehead atoms. The number of amides is 1. The molecule has 0 fully saturated rings. The standard InChI is InChI=1S/C11H14F2N2O.ClH/c1-15(7-10(12)13)11(16)9-4-2-8(6-14)3-5-9;/h2-5,10H,6-7,14H2,1H3;1H. The van der Waals surface area contributed by atoms with E-state index in [1.807, 2.05) is 0 Å². The highest BCUT2D eigenvalue weighted by Crippen LogP contribution is 2.07. The molecule has 1 rings (SSSR count). The highest BCUT2D eigenvalue weighted by atomic mass is 35.5. The van der Waals surface area contributed by atoms with Gasteiger partial charge in [-0.15, -0.1) is 12.4 Å². The Morgan fingerprint density at radius 2 is 1.88 bits per heavy atom. The van der Waals surface area contributed by atoms with Gasteiger partial charge in [-0.2, -0.15) is 0 Å². The van der Waals surface area contributed by atoms with Gasteiger partial charge in [-0.25, -0.2) is 8.78 Å². The lowest BCUT2D eigenvalue weighted by Crippen LogP contribution is -2.31. The Bertz CT molecular complexity index is 357. The number of alkyl halides is 2. The molecule has 96 valence electrons. The van der Waals surface area contributed by atoms with Gasteiger partial charge in [-0.3, -0.25) is 4.79 Å². The van der Waals surface area contributed by atoms with Crippen LogP contribution >= 0.6 is 12.4 Å². The molecular formula is C11H15ClF2N2O. The van der Waals surface area contributed by atoms with Crippen molar-refractivity contribution in [2.45, 2.75) is 13.0 Å². The van der Waals surface area contributed by atoms with Crippen LogP contribution < -0.4 is 5.73 Å². The van der Waals surface area contributed by atoms with E-state index in [2.05, 4.69) is 0 Å². The molecule has 3 nitrogen and oxygen atoms in total. The van der Waals surface area contributed by atoms with Gasteiger partial charge in [0.05, 0.1) is 6.54 Å². The number of carbonyl (C=O) groups excluding carboxylic acids is 1. The molecule has 0 aliphatic carbocycles. The first kappa shape index (κ1) is 15.8. The fourth-order valence-corrected chi connectivity index (χ4v) is 1.29. The van der Waals surface area contributed by atoms with Gasteiger partial charge in [0.2, 0.25) is 0 Å². The maximum Gasteiger partial charge on any atom is 0.255 e. The molecule has 0 radical (unpaired) electrons. The molecule has 0 saturated carbocycles. The number of nitrogens with zero attached hydrogens (tertiary/aromatic N) is 1. The van der Waals surface area contributed by atoms with Gasteiger partial charge in [-0.1, -0.05) is 12.1 Å². The molecule has 1 aromatic carbocycles. The summed E-state index contributed by atoms with van der Waals surface area (Å²) in [4.78, 5) is 12.6. The number of nitrogens with two attached hydrogens (primary N) is 1. The van der Waals surface area contributed by atoms with Crippen molar-refractivity contribution in [2.24, 2.45) is 5.73 Å². The largest absolute Gasteiger partial charge is 0.336 e. The number of hydrogen-bond acceptors (Lipinski definition) is 2. The molecule has 0 aliphatic heterocycles. The summed E-state index contributed by atoms with van der Waals surface area (Å²) >= 11 is 0. The van der Waals surface area contributed by atoms with Gasteiger partial charge >= 0.3 is 0 Å². The normalized spacial score (nSPS) is 9.94. The lowest BCUT2D eigenvalue weighted by atomic mass is 10.1. The Labute approximate surface area is 105 Å². The fourth-order valence-electron chi connectivity index (χ4n) is 1.29. The molecule has 1 amide bonds. The van der Waals surface area contributed by atoms with Crippen LogP contribution in [0, 0.1) is 0 Å². The summed E-state index contributed by atoms with van der Waals surface area (Å²) in [6.07, 6.45) is -2.52. The van der Waals surface area contributed by atoms with Crippen molar-refractivity contribution in [1.82, 2.24) is 4.90 Å². The highest BCUT2D eigenvalue weighted by molar-refractivity contribution is 5.94. The van der Waals surface area contributed by atoms with Gasteiger partial charge in [0.25, 0.3) is 12.3 Å². The van der Waals surface area contributed by atoms with Crippen molar-refractivity contribution >= 4 is 18.3 Å². The molecule has 1 aromatic rings. The summed E-state index contributed by atoms with van der Waals surface area (Å²) in [5, 5.41) is 0. The van der Waals surface area contributed by atoms with E-state index < -0.39 is 18.9 Å². The molecule has 0 saturated heterocycles. The Morgan fingerprint density at radius 1 is 1.35 bits per heavy atom. The molecule has 0 atom stereocenters. The van der Waals surface area contributed by atoms with Crippen molar-refractivity contribution in [3.8, 4) is 0 Å². The monoisotopic (exact) mass is 264 g/mol. The summed E-state index contributed by atoms with van der Waals surface area (Å²) < 4.78 is 24.1. The summed E-state index contributed by atoms with van der Waals surface area (Å²) in [6.45, 7) is -0.168. The minimum Gasteiger partial charge on any atom is -0.336 e. The third kappa shape index (κ3) is 4.66. The van der Waals surface area contributed by atoms with Crippen molar-refractivity contribution < 1.29 is 13.6 Å². The Hall–Kier alpha value is -1.20. The highest BCUT2D eigenvalue weighted by Gasteiger charge is 2.15. The predicted molar refractivity (Wildman–Crippen MR) is 64.5 cm³/mol. The minimum atomic E-state index is -2.52. The molecule has 6 heteroatoms. The smallest absolute Gasteiger partial charge is 0.255 e. The minimum absolute atomic E-state index is 0. The Balaban J connectivity index is 0.00000256. The molecule has 0 spiro atoms. The van der Waals surface area contributed by atoms with Crippen molar-refractivity contribution in [3.63, 3.8) is 0 Å². The van der Waals surface area contributed by atoms with Gasteiger partial charge in [0.15, 0.2) is 0 Å². The molecular weight excluding hydrogens is 250 g/mol. The van der Waals surface area contributed by atoms with E-state index >= 15 is 0 Å². The molecule has 0 unspecified atom stereocenters. The maximum absolute atomic E-state index is 12.1. The van der Waals surface area contributed by atoms with Crippen molar-refractivity contribution in [2.75, 3.05) is 13.6 Å². The van der Waals surface area contributed by atoms with E-state index in [1.54, 1.807) is 24.3 Å². The van der Waals surface area contributed by atoms with Gasteiger partial charge in [0.1, 0.15) is 0 Å². The predicted octanol–water partition coefficient (Wildman–Crippen LogP) is 1.90. The second-order valence-electron chi connectivity index (χ2n) is 3.48. The zero-order valence-corrected chi connectivity index (χ0v) is 10.2. The zero-order chi connectivity index (χ0) is 12.1. The van der Waals surface area contributed by atoms with Crippen LogP contribution in [0.15, 0.2) is 24.3 Å². The number of carbonyl (C=O) groups is 1. The summed E-state index contributed by atoms with van der Waals surface area (Å²) in [5.41, 5.74) is 6.69. The van der Waals surface area contributed by atoms with E-state index in [0.717, 1.165) is 10.5 Å². The summed E-state index contributed by atoms with van der Waals surface area (Å²) in [6, 6.07) is 6.60. The van der Waals surface area contributed by atoms with Crippen molar-refractivity contribution in [1.29, 1.82) is 0 Å². The van der Waals surface area contributed by atoms with Crippen molar-refractivity contribution in [3.05, 3.63) is 35.4 Å². The second kappa shape index (κ2) is 7.19. The molecule has 0 aromatic heterocycles. The van der Waals surface area contributed by atoms with Crippen LogP contribution in [0.1, 0.15) is 15.9 Å². The number of benzene rings is 1. The van der Waals surface area contributed by atoms with Crippen LogP contribution in [0.3, 0.4) is 0 Å². The first-order valence-corrected chi connectivity index (χ1v) is 4.87. The van der Waals surface area contributed by atoms with Crippen LogP contribution in [0.5, 0.6) is 0 Å². The molecule has 0 aliphatic rings. The number of rotatable bonds is 4. The quantitative estimate of drug-likeness (QED) is 0.903.